The van der Waals surface area contributed by atoms with E-state index in [0.717, 1.165) is 0 Å². The van der Waals surface area contributed by atoms with Gasteiger partial charge in [0.2, 0.25) is 17.7 Å². The van der Waals surface area contributed by atoms with Crippen molar-refractivity contribution in [3.8, 4) is 11.5 Å². The fourth-order valence-corrected chi connectivity index (χ4v) is 4.16. The molecule has 192 valence electrons. The summed E-state index contributed by atoms with van der Waals surface area (Å²) in [6, 6.07) is 9.05. The van der Waals surface area contributed by atoms with Crippen LogP contribution in [0.3, 0.4) is 0 Å². The zero-order chi connectivity index (χ0) is 26.2. The standard InChI is InChI=1S/C25H30N4O7/c26-14-22(32)27-19(12-15-3-7-17(30)8-4-15)24(34)29-11-1-2-21(29)23(33)28-20(25(35)36)13-16-5-9-18(31)10-6-16/h3-10,19-21,30-31H,1-2,11-14,26H2,(H,27,32)(H,28,33)(H,35,36). The minimum Gasteiger partial charge on any atom is -0.508 e. The Morgan fingerprint density at radius 1 is 0.889 bits per heavy atom. The van der Waals surface area contributed by atoms with Crippen LogP contribution in [0.25, 0.3) is 0 Å². The van der Waals surface area contributed by atoms with E-state index in [9.17, 15) is 34.5 Å². The summed E-state index contributed by atoms with van der Waals surface area (Å²) in [7, 11) is 0. The number of benzene rings is 2. The summed E-state index contributed by atoms with van der Waals surface area (Å²) >= 11 is 0. The lowest BCUT2D eigenvalue weighted by Gasteiger charge is -2.29. The van der Waals surface area contributed by atoms with Crippen molar-refractivity contribution in [2.75, 3.05) is 13.1 Å². The number of aromatic hydroxyl groups is 2. The van der Waals surface area contributed by atoms with Crippen LogP contribution in [-0.4, -0.2) is 75.1 Å². The summed E-state index contributed by atoms with van der Waals surface area (Å²) in [6.07, 6.45) is 1.00. The number of nitrogens with zero attached hydrogens (tertiary/aromatic N) is 1. The number of carboxylic acids is 1. The molecule has 1 aliphatic heterocycles. The number of phenolic OH excluding ortho intramolecular Hbond substituents is 2. The first-order chi connectivity index (χ1) is 17.2. The minimum atomic E-state index is -1.23. The van der Waals surface area contributed by atoms with Gasteiger partial charge in [-0.25, -0.2) is 4.79 Å². The van der Waals surface area contributed by atoms with E-state index in [2.05, 4.69) is 10.6 Å². The predicted octanol–water partition coefficient (Wildman–Crippen LogP) is -0.113. The van der Waals surface area contributed by atoms with Gasteiger partial charge in [0, 0.05) is 19.4 Å². The van der Waals surface area contributed by atoms with Crippen LogP contribution >= 0.6 is 0 Å². The Morgan fingerprint density at radius 3 is 1.92 bits per heavy atom. The molecule has 0 aromatic heterocycles. The molecule has 0 saturated carbocycles. The van der Waals surface area contributed by atoms with Crippen LogP contribution < -0.4 is 16.4 Å². The molecule has 0 spiro atoms. The van der Waals surface area contributed by atoms with Crippen LogP contribution in [0.2, 0.25) is 0 Å². The average molecular weight is 499 g/mol. The van der Waals surface area contributed by atoms with Crippen molar-refractivity contribution in [1.29, 1.82) is 0 Å². The van der Waals surface area contributed by atoms with E-state index in [1.54, 1.807) is 24.3 Å². The maximum atomic E-state index is 13.4. The van der Waals surface area contributed by atoms with Gasteiger partial charge in [0.1, 0.15) is 29.6 Å². The van der Waals surface area contributed by atoms with E-state index < -0.39 is 41.8 Å². The zero-order valence-corrected chi connectivity index (χ0v) is 19.6. The predicted molar refractivity (Wildman–Crippen MR) is 129 cm³/mol. The second kappa shape index (κ2) is 12.0. The Balaban J connectivity index is 1.73. The number of aliphatic carboxylic acids is 1. The molecule has 3 rings (SSSR count). The highest BCUT2D eigenvalue weighted by Crippen LogP contribution is 2.21. The Hall–Kier alpha value is -4.12. The van der Waals surface area contributed by atoms with Crippen LogP contribution in [0.15, 0.2) is 48.5 Å². The molecule has 0 aliphatic carbocycles. The molecule has 2 aromatic rings. The summed E-state index contributed by atoms with van der Waals surface area (Å²) in [6.45, 7) is -0.0436. The fraction of sp³-hybridized carbons (Fsp3) is 0.360. The quantitative estimate of drug-likeness (QED) is 0.262. The number of phenols is 2. The normalized spacial score (nSPS) is 16.7. The molecule has 36 heavy (non-hydrogen) atoms. The van der Waals surface area contributed by atoms with Crippen molar-refractivity contribution in [2.24, 2.45) is 5.73 Å². The van der Waals surface area contributed by atoms with E-state index in [0.29, 0.717) is 24.0 Å². The van der Waals surface area contributed by atoms with Crippen LogP contribution in [0.4, 0.5) is 0 Å². The van der Waals surface area contributed by atoms with Gasteiger partial charge in [-0.1, -0.05) is 24.3 Å². The highest BCUT2D eigenvalue weighted by atomic mass is 16.4. The van der Waals surface area contributed by atoms with Crippen molar-refractivity contribution < 1.29 is 34.5 Å². The lowest BCUT2D eigenvalue weighted by Crippen LogP contribution is -2.56. The first kappa shape index (κ1) is 26.5. The summed E-state index contributed by atoms with van der Waals surface area (Å²) in [5.41, 5.74) is 6.71. The minimum absolute atomic E-state index is 0.00193. The van der Waals surface area contributed by atoms with Crippen LogP contribution in [0.1, 0.15) is 24.0 Å². The number of nitrogens with two attached hydrogens (primary N) is 1. The first-order valence-electron chi connectivity index (χ1n) is 11.6. The van der Waals surface area contributed by atoms with Gasteiger partial charge in [-0.2, -0.15) is 0 Å². The Bertz CT molecular complexity index is 1090. The van der Waals surface area contributed by atoms with E-state index in [1.807, 2.05) is 0 Å². The number of hydrogen-bond acceptors (Lipinski definition) is 7. The number of carboxylic acid groups (broad SMARTS) is 1. The lowest BCUT2D eigenvalue weighted by atomic mass is 10.0. The summed E-state index contributed by atoms with van der Waals surface area (Å²) in [5, 5.41) is 33.7. The third kappa shape index (κ3) is 6.95. The number of carbonyl (C=O) groups is 4. The monoisotopic (exact) mass is 498 g/mol. The van der Waals surface area contributed by atoms with Gasteiger partial charge in [0.05, 0.1) is 6.54 Å². The van der Waals surface area contributed by atoms with E-state index in [4.69, 9.17) is 5.73 Å². The van der Waals surface area contributed by atoms with Crippen molar-refractivity contribution in [1.82, 2.24) is 15.5 Å². The SMILES string of the molecule is NCC(=O)NC(Cc1ccc(O)cc1)C(=O)N1CCCC1C(=O)NC(Cc1ccc(O)cc1)C(=O)O. The van der Waals surface area contributed by atoms with Crippen LogP contribution in [-0.2, 0) is 32.0 Å². The van der Waals surface area contributed by atoms with E-state index in [1.165, 1.54) is 29.2 Å². The maximum absolute atomic E-state index is 13.4. The molecule has 11 heteroatoms. The largest absolute Gasteiger partial charge is 0.508 e. The van der Waals surface area contributed by atoms with Crippen molar-refractivity contribution in [2.45, 2.75) is 43.8 Å². The fourth-order valence-electron chi connectivity index (χ4n) is 4.16. The van der Waals surface area contributed by atoms with Crippen molar-refractivity contribution in [3.63, 3.8) is 0 Å². The van der Waals surface area contributed by atoms with Crippen LogP contribution in [0.5, 0.6) is 11.5 Å². The number of rotatable bonds is 10. The second-order valence-electron chi connectivity index (χ2n) is 8.65. The van der Waals surface area contributed by atoms with Gasteiger partial charge in [0.15, 0.2) is 0 Å². The van der Waals surface area contributed by atoms with Gasteiger partial charge in [-0.05, 0) is 48.2 Å². The molecule has 11 nitrogen and oxygen atoms in total. The highest BCUT2D eigenvalue weighted by molar-refractivity contribution is 5.94. The molecule has 1 fully saturated rings. The lowest BCUT2D eigenvalue weighted by molar-refractivity contribution is -0.144. The molecule has 7 N–H and O–H groups in total. The summed E-state index contributed by atoms with van der Waals surface area (Å²) < 4.78 is 0. The third-order valence-corrected chi connectivity index (χ3v) is 6.02. The molecule has 3 atom stereocenters. The number of nitrogens with one attached hydrogen (secondary N) is 2. The van der Waals surface area contributed by atoms with Gasteiger partial charge < -0.3 is 36.6 Å². The molecule has 0 radical (unpaired) electrons. The topological polar surface area (TPSA) is 182 Å². The third-order valence-electron chi connectivity index (χ3n) is 6.02. The van der Waals surface area contributed by atoms with Crippen LogP contribution in [0, 0.1) is 0 Å². The Labute approximate surface area is 207 Å². The second-order valence-corrected chi connectivity index (χ2v) is 8.65. The maximum Gasteiger partial charge on any atom is 0.326 e. The van der Waals surface area contributed by atoms with Crippen molar-refractivity contribution in [3.05, 3.63) is 59.7 Å². The first-order valence-corrected chi connectivity index (χ1v) is 11.6. The van der Waals surface area contributed by atoms with Gasteiger partial charge in [-0.15, -0.1) is 0 Å². The molecule has 0 bridgehead atoms. The van der Waals surface area contributed by atoms with E-state index in [-0.39, 0.29) is 37.4 Å². The van der Waals surface area contributed by atoms with Gasteiger partial charge in [0.25, 0.3) is 0 Å². The molecule has 2 aromatic carbocycles. The van der Waals surface area contributed by atoms with Gasteiger partial charge in [-0.3, -0.25) is 14.4 Å². The molecule has 3 unspecified atom stereocenters. The summed E-state index contributed by atoms with van der Waals surface area (Å²) in [5.74, 6) is -2.74. The smallest absolute Gasteiger partial charge is 0.326 e. The molecule has 1 aliphatic rings. The molecule has 1 saturated heterocycles. The molecule has 3 amide bonds. The van der Waals surface area contributed by atoms with Crippen molar-refractivity contribution >= 4 is 23.7 Å². The molecular formula is C25H30N4O7. The molecule has 1 heterocycles. The average Bonchev–Trinajstić information content (AvgIpc) is 3.35. The molecular weight excluding hydrogens is 468 g/mol. The summed E-state index contributed by atoms with van der Waals surface area (Å²) in [4.78, 5) is 51.7. The number of hydrogen-bond donors (Lipinski definition) is 6. The zero-order valence-electron chi connectivity index (χ0n) is 19.6. The Kier molecular flexibility index (Phi) is 8.85. The number of carbonyl (C=O) groups excluding carboxylic acids is 3. The highest BCUT2D eigenvalue weighted by Gasteiger charge is 2.38. The number of likely N-dealkylation sites (tertiary alicyclic amines) is 1. The Morgan fingerprint density at radius 2 is 1.42 bits per heavy atom. The van der Waals surface area contributed by atoms with Gasteiger partial charge >= 0.3 is 5.97 Å². The van der Waals surface area contributed by atoms with E-state index >= 15 is 0 Å². The number of amides is 3.